The fourth-order valence-corrected chi connectivity index (χ4v) is 2.67. The van der Waals surface area contributed by atoms with E-state index in [4.69, 9.17) is 9.47 Å². The highest BCUT2D eigenvalue weighted by atomic mass is 127. The number of rotatable bonds is 9. The summed E-state index contributed by atoms with van der Waals surface area (Å²) in [4.78, 5) is 6.77. The molecule has 0 radical (unpaired) electrons. The lowest BCUT2D eigenvalue weighted by Crippen LogP contribution is -2.31. The zero-order valence-electron chi connectivity index (χ0n) is 17.4. The Hall–Kier alpha value is -2.07. The maximum absolute atomic E-state index is 13.0. The molecule has 0 heterocycles. The Morgan fingerprint density at radius 3 is 2.38 bits per heavy atom. The summed E-state index contributed by atoms with van der Waals surface area (Å²) in [5.41, 5.74) is 1.93. The van der Waals surface area contributed by atoms with Gasteiger partial charge in [0.2, 0.25) is 0 Å². The highest BCUT2D eigenvalue weighted by Crippen LogP contribution is 2.29. The Morgan fingerprint density at radius 1 is 1.07 bits per heavy atom. The molecule has 0 aliphatic rings. The van der Waals surface area contributed by atoms with Gasteiger partial charge >= 0.3 is 0 Å². The van der Waals surface area contributed by atoms with E-state index in [9.17, 15) is 4.39 Å². The minimum absolute atomic E-state index is 0. The Morgan fingerprint density at radius 2 is 1.76 bits per heavy atom. The fourth-order valence-electron chi connectivity index (χ4n) is 2.67. The summed E-state index contributed by atoms with van der Waals surface area (Å²) in [6.45, 7) is 4.92. The van der Waals surface area contributed by atoms with Crippen LogP contribution in [0.2, 0.25) is 0 Å². The molecule has 0 unspecified atom stereocenters. The van der Waals surface area contributed by atoms with Crippen molar-refractivity contribution in [3.8, 4) is 11.5 Å². The molecule has 160 valence electrons. The van der Waals surface area contributed by atoms with E-state index < -0.39 is 0 Å². The molecule has 2 N–H and O–H groups in total. The van der Waals surface area contributed by atoms with Crippen molar-refractivity contribution in [3.63, 3.8) is 0 Å². The van der Waals surface area contributed by atoms with E-state index in [2.05, 4.69) is 20.5 Å². The third-order valence-electron chi connectivity index (χ3n) is 4.11. The first-order chi connectivity index (χ1) is 13.5. The van der Waals surface area contributed by atoms with Crippen molar-refractivity contribution in [3.05, 3.63) is 53.8 Å². The quantitative estimate of drug-likeness (QED) is 0.300. The number of aliphatic imine (C=N–C) groups is 1. The largest absolute Gasteiger partial charge is 0.493 e. The molecule has 29 heavy (non-hydrogen) atoms. The van der Waals surface area contributed by atoms with E-state index in [1.165, 1.54) is 12.1 Å². The van der Waals surface area contributed by atoms with Gasteiger partial charge < -0.3 is 25.0 Å². The first kappa shape index (κ1) is 25.0. The molecule has 0 bridgehead atoms. The number of methoxy groups -OCH3 is 2. The van der Waals surface area contributed by atoms with Crippen LogP contribution in [0.25, 0.3) is 0 Å². The number of ether oxygens (including phenoxy) is 2. The number of hydrogen-bond donors (Lipinski definition) is 2. The summed E-state index contributed by atoms with van der Waals surface area (Å²) < 4.78 is 23.6. The van der Waals surface area contributed by atoms with Crippen molar-refractivity contribution in [1.29, 1.82) is 0 Å². The molecule has 0 atom stereocenters. The first-order valence-electron chi connectivity index (χ1n) is 9.26. The van der Waals surface area contributed by atoms with Gasteiger partial charge in [-0.15, -0.1) is 24.0 Å². The summed E-state index contributed by atoms with van der Waals surface area (Å²) in [5.74, 6) is 1.82. The van der Waals surface area contributed by atoms with E-state index in [0.717, 1.165) is 30.9 Å². The average molecular weight is 516 g/mol. The van der Waals surface area contributed by atoms with E-state index in [-0.39, 0.29) is 29.8 Å². The SMILES string of the molecule is CCNC(=NCCN(C)Cc1ccc(F)cc1)Nc1ccc(OC)c(OC)c1.I. The molecular formula is C21H30FIN4O2. The highest BCUT2D eigenvalue weighted by Gasteiger charge is 2.06. The lowest BCUT2D eigenvalue weighted by Gasteiger charge is -2.17. The van der Waals surface area contributed by atoms with Crippen LogP contribution in [0.15, 0.2) is 47.5 Å². The molecule has 0 saturated heterocycles. The van der Waals surface area contributed by atoms with E-state index in [0.29, 0.717) is 24.0 Å². The van der Waals surface area contributed by atoms with Crippen molar-refractivity contribution in [2.75, 3.05) is 46.2 Å². The summed E-state index contributed by atoms with van der Waals surface area (Å²) >= 11 is 0. The summed E-state index contributed by atoms with van der Waals surface area (Å²) in [7, 11) is 5.24. The fraction of sp³-hybridized carbons (Fsp3) is 0.381. The van der Waals surface area contributed by atoms with Gasteiger partial charge in [0, 0.05) is 31.4 Å². The Kier molecular flexibility index (Phi) is 11.4. The third-order valence-corrected chi connectivity index (χ3v) is 4.11. The lowest BCUT2D eigenvalue weighted by molar-refractivity contribution is 0.336. The molecule has 0 saturated carbocycles. The van der Waals surface area contributed by atoms with Crippen LogP contribution < -0.4 is 20.1 Å². The first-order valence-corrected chi connectivity index (χ1v) is 9.26. The van der Waals surface area contributed by atoms with E-state index in [1.807, 2.05) is 32.2 Å². The predicted molar refractivity (Wildman–Crippen MR) is 127 cm³/mol. The van der Waals surface area contributed by atoms with Crippen molar-refractivity contribution < 1.29 is 13.9 Å². The molecule has 6 nitrogen and oxygen atoms in total. The van der Waals surface area contributed by atoms with Crippen LogP contribution in [0, 0.1) is 5.82 Å². The molecule has 2 rings (SSSR count). The standard InChI is InChI=1S/C21H29FN4O2.HI/c1-5-23-21(25-18-10-11-19(27-3)20(14-18)28-4)24-12-13-26(2)15-16-6-8-17(22)9-7-16;/h6-11,14H,5,12-13,15H2,1-4H3,(H2,23,24,25);1H. The van der Waals surface area contributed by atoms with Crippen LogP contribution >= 0.6 is 24.0 Å². The van der Waals surface area contributed by atoms with Crippen LogP contribution in [-0.2, 0) is 6.54 Å². The number of nitrogens with zero attached hydrogens (tertiary/aromatic N) is 2. The summed E-state index contributed by atoms with van der Waals surface area (Å²) in [6, 6.07) is 12.2. The van der Waals surface area contributed by atoms with Gasteiger partial charge in [-0.25, -0.2) is 4.39 Å². The Bertz CT molecular complexity index is 772. The van der Waals surface area contributed by atoms with E-state index >= 15 is 0 Å². The molecule has 2 aromatic rings. The van der Waals surface area contributed by atoms with Gasteiger partial charge in [0.25, 0.3) is 0 Å². The second kappa shape index (κ2) is 13.2. The number of nitrogens with one attached hydrogen (secondary N) is 2. The van der Waals surface area contributed by atoms with Crippen LogP contribution in [0.1, 0.15) is 12.5 Å². The summed E-state index contributed by atoms with van der Waals surface area (Å²) in [5, 5.41) is 6.51. The van der Waals surface area contributed by atoms with Crippen molar-refractivity contribution in [2.24, 2.45) is 4.99 Å². The van der Waals surface area contributed by atoms with Crippen molar-refractivity contribution in [2.45, 2.75) is 13.5 Å². The zero-order valence-corrected chi connectivity index (χ0v) is 19.7. The van der Waals surface area contributed by atoms with Crippen molar-refractivity contribution >= 4 is 35.6 Å². The minimum atomic E-state index is -0.215. The molecule has 0 amide bonds. The molecule has 0 fully saturated rings. The number of anilines is 1. The number of guanidine groups is 1. The normalized spacial score (nSPS) is 11.0. The van der Waals surface area contributed by atoms with Gasteiger partial charge in [-0.2, -0.15) is 0 Å². The predicted octanol–water partition coefficient (Wildman–Crippen LogP) is 3.97. The molecular weight excluding hydrogens is 486 g/mol. The topological polar surface area (TPSA) is 58.1 Å². The second-order valence-corrected chi connectivity index (χ2v) is 6.32. The third kappa shape index (κ3) is 8.45. The van der Waals surface area contributed by atoms with Crippen LogP contribution in [-0.4, -0.2) is 51.8 Å². The van der Waals surface area contributed by atoms with Gasteiger partial charge in [0.05, 0.1) is 20.8 Å². The van der Waals surface area contributed by atoms with E-state index in [1.54, 1.807) is 26.4 Å². The van der Waals surface area contributed by atoms with Crippen LogP contribution in [0.5, 0.6) is 11.5 Å². The maximum Gasteiger partial charge on any atom is 0.195 e. The smallest absolute Gasteiger partial charge is 0.195 e. The minimum Gasteiger partial charge on any atom is -0.493 e. The number of hydrogen-bond acceptors (Lipinski definition) is 4. The van der Waals surface area contributed by atoms with Crippen LogP contribution in [0.3, 0.4) is 0 Å². The monoisotopic (exact) mass is 516 g/mol. The average Bonchev–Trinajstić information content (AvgIpc) is 2.69. The molecule has 2 aromatic carbocycles. The van der Waals surface area contributed by atoms with Gasteiger partial charge in [-0.1, -0.05) is 12.1 Å². The van der Waals surface area contributed by atoms with Gasteiger partial charge in [-0.3, -0.25) is 4.99 Å². The summed E-state index contributed by atoms with van der Waals surface area (Å²) in [6.07, 6.45) is 0. The number of halogens is 2. The lowest BCUT2D eigenvalue weighted by atomic mass is 10.2. The molecule has 0 aliphatic heterocycles. The van der Waals surface area contributed by atoms with Crippen LogP contribution in [0.4, 0.5) is 10.1 Å². The van der Waals surface area contributed by atoms with Crippen molar-refractivity contribution in [1.82, 2.24) is 10.2 Å². The molecule has 0 aliphatic carbocycles. The maximum atomic E-state index is 13.0. The zero-order chi connectivity index (χ0) is 20.4. The van der Waals surface area contributed by atoms with Gasteiger partial charge in [0.1, 0.15) is 5.82 Å². The second-order valence-electron chi connectivity index (χ2n) is 6.32. The Balaban J connectivity index is 0.00000420. The number of likely N-dealkylation sites (N-methyl/N-ethyl adjacent to an activating group) is 1. The molecule has 0 aromatic heterocycles. The Labute approximate surface area is 189 Å². The van der Waals surface area contributed by atoms with Gasteiger partial charge in [-0.05, 0) is 43.8 Å². The molecule has 8 heteroatoms. The van der Waals surface area contributed by atoms with Gasteiger partial charge in [0.15, 0.2) is 17.5 Å². The number of benzene rings is 2. The molecule has 0 spiro atoms. The highest BCUT2D eigenvalue weighted by molar-refractivity contribution is 14.0.